The Labute approximate surface area is 189 Å². The summed E-state index contributed by atoms with van der Waals surface area (Å²) in [5.74, 6) is 1.24. The number of piperidine rings is 1. The lowest BCUT2D eigenvalue weighted by molar-refractivity contribution is -0.140. The number of carbonyl (C=O) groups is 1. The van der Waals surface area contributed by atoms with Crippen LogP contribution < -0.4 is 16.1 Å². The van der Waals surface area contributed by atoms with E-state index in [0.29, 0.717) is 0 Å². The Kier molecular flexibility index (Phi) is 6.05. The summed E-state index contributed by atoms with van der Waals surface area (Å²) in [6.07, 6.45) is 8.09. The van der Waals surface area contributed by atoms with Gasteiger partial charge in [0.15, 0.2) is 5.65 Å². The zero-order valence-electron chi connectivity index (χ0n) is 19.3. The van der Waals surface area contributed by atoms with Crippen molar-refractivity contribution in [3.05, 3.63) is 23.5 Å². The van der Waals surface area contributed by atoms with E-state index >= 15 is 0 Å². The van der Waals surface area contributed by atoms with Gasteiger partial charge >= 0.3 is 0 Å². The third-order valence-electron chi connectivity index (χ3n) is 7.13. The lowest BCUT2D eigenvalue weighted by Crippen LogP contribution is -2.50. The fourth-order valence-corrected chi connectivity index (χ4v) is 5.52. The lowest BCUT2D eigenvalue weighted by atomic mass is 9.98. The van der Waals surface area contributed by atoms with Gasteiger partial charge in [-0.15, -0.1) is 0 Å². The van der Waals surface area contributed by atoms with Gasteiger partial charge in [0.1, 0.15) is 11.9 Å². The number of aromatic nitrogens is 3. The van der Waals surface area contributed by atoms with Crippen molar-refractivity contribution < 1.29 is 4.79 Å². The van der Waals surface area contributed by atoms with Crippen LogP contribution in [0, 0.1) is 6.92 Å². The quantitative estimate of drug-likeness (QED) is 0.729. The van der Waals surface area contributed by atoms with E-state index in [4.69, 9.17) is 15.8 Å². The number of nitrogens with one attached hydrogen (secondary N) is 1. The molecule has 1 amide bonds. The summed E-state index contributed by atoms with van der Waals surface area (Å²) in [6, 6.07) is 2.24. The van der Waals surface area contributed by atoms with Gasteiger partial charge in [-0.25, -0.2) is 14.5 Å². The summed E-state index contributed by atoms with van der Waals surface area (Å²) >= 11 is 0. The summed E-state index contributed by atoms with van der Waals surface area (Å²) in [4.78, 5) is 22.9. The van der Waals surface area contributed by atoms with Gasteiger partial charge in [0, 0.05) is 56.6 Å². The summed E-state index contributed by atoms with van der Waals surface area (Å²) in [7, 11) is 0. The molecule has 1 unspecified atom stereocenters. The van der Waals surface area contributed by atoms with Crippen LogP contribution in [-0.2, 0) is 4.79 Å². The minimum Gasteiger partial charge on any atom is -0.355 e. The molecule has 9 nitrogen and oxygen atoms in total. The number of hydrogen-bond donors (Lipinski definition) is 2. The molecule has 3 atom stereocenters. The summed E-state index contributed by atoms with van der Waals surface area (Å²) in [5.41, 5.74) is 12.4. The molecule has 2 aromatic rings. The van der Waals surface area contributed by atoms with Crippen LogP contribution >= 0.6 is 0 Å². The molecule has 0 spiro atoms. The predicted octanol–water partition coefficient (Wildman–Crippen LogP) is 1.62. The monoisotopic (exact) mass is 440 g/mol. The zero-order chi connectivity index (χ0) is 22.2. The molecule has 32 heavy (non-hydrogen) atoms. The average molecular weight is 441 g/mol. The molecule has 3 fully saturated rings. The maximum absolute atomic E-state index is 13.6. The smallest absolute Gasteiger partial charge is 0.241 e. The van der Waals surface area contributed by atoms with Crippen molar-refractivity contribution in [3.8, 4) is 0 Å². The second-order valence-electron chi connectivity index (χ2n) is 9.56. The highest BCUT2D eigenvalue weighted by Crippen LogP contribution is 2.33. The van der Waals surface area contributed by atoms with Crippen LogP contribution in [0.15, 0.2) is 12.3 Å². The first-order valence-corrected chi connectivity index (χ1v) is 12.2. The highest BCUT2D eigenvalue weighted by molar-refractivity contribution is 5.82. The van der Waals surface area contributed by atoms with Crippen LogP contribution in [0.4, 0.5) is 5.82 Å². The van der Waals surface area contributed by atoms with Crippen molar-refractivity contribution >= 4 is 17.4 Å². The fourth-order valence-electron chi connectivity index (χ4n) is 5.52. The lowest BCUT2D eigenvalue weighted by Gasteiger charge is -2.37. The molecule has 0 aromatic carbocycles. The molecule has 5 heterocycles. The van der Waals surface area contributed by atoms with Gasteiger partial charge in [0.2, 0.25) is 5.91 Å². The molecule has 3 aliphatic heterocycles. The number of likely N-dealkylation sites (tertiary alicyclic amines) is 1. The first-order chi connectivity index (χ1) is 15.5. The number of rotatable bonds is 5. The second-order valence-corrected chi connectivity index (χ2v) is 9.56. The Morgan fingerprint density at radius 3 is 2.91 bits per heavy atom. The molecule has 3 aliphatic rings. The Bertz CT molecular complexity index is 974. The van der Waals surface area contributed by atoms with E-state index in [1.54, 1.807) is 0 Å². The number of hydrazine groups is 1. The van der Waals surface area contributed by atoms with Crippen molar-refractivity contribution in [2.45, 2.75) is 70.5 Å². The second kappa shape index (κ2) is 8.96. The fraction of sp³-hybridized carbons (Fsp3) is 0.696. The molecule has 0 radical (unpaired) electrons. The van der Waals surface area contributed by atoms with E-state index in [1.165, 1.54) is 0 Å². The molecule has 0 aliphatic carbocycles. The van der Waals surface area contributed by atoms with Crippen molar-refractivity contribution in [1.82, 2.24) is 29.9 Å². The largest absolute Gasteiger partial charge is 0.355 e. The first kappa shape index (κ1) is 21.6. The van der Waals surface area contributed by atoms with Crippen LogP contribution in [0.2, 0.25) is 0 Å². The number of aryl methyl sites for hydroxylation is 1. The predicted molar refractivity (Wildman–Crippen MR) is 124 cm³/mol. The third-order valence-corrected chi connectivity index (χ3v) is 7.13. The summed E-state index contributed by atoms with van der Waals surface area (Å²) in [5, 5.41) is 7.02. The van der Waals surface area contributed by atoms with Crippen LogP contribution in [0.5, 0.6) is 0 Å². The van der Waals surface area contributed by atoms with Crippen molar-refractivity contribution in [2.24, 2.45) is 5.73 Å². The number of nitrogens with two attached hydrogens (primary N) is 1. The van der Waals surface area contributed by atoms with Gasteiger partial charge in [-0.3, -0.25) is 10.2 Å². The highest BCUT2D eigenvalue weighted by atomic mass is 16.2. The molecular weight excluding hydrogens is 404 g/mol. The van der Waals surface area contributed by atoms with Crippen molar-refractivity contribution in [2.75, 3.05) is 37.6 Å². The van der Waals surface area contributed by atoms with Gasteiger partial charge in [-0.1, -0.05) is 6.92 Å². The molecule has 0 bridgehead atoms. The minimum absolute atomic E-state index is 0.0194. The van der Waals surface area contributed by atoms with Crippen LogP contribution in [-0.4, -0.2) is 75.2 Å². The number of carbonyl (C=O) groups excluding carboxylic acids is 1. The summed E-state index contributed by atoms with van der Waals surface area (Å²) in [6.45, 7) is 8.60. The van der Waals surface area contributed by atoms with E-state index in [-0.39, 0.29) is 24.0 Å². The molecular formula is C23H36N8O. The number of nitrogens with zero attached hydrogens (tertiary/aromatic N) is 6. The maximum atomic E-state index is 13.6. The highest BCUT2D eigenvalue weighted by Gasteiger charge is 2.38. The first-order valence-electron chi connectivity index (χ1n) is 12.2. The van der Waals surface area contributed by atoms with E-state index in [9.17, 15) is 4.79 Å². The van der Waals surface area contributed by atoms with E-state index in [2.05, 4.69) is 46.3 Å². The molecule has 9 heteroatoms. The Morgan fingerprint density at radius 2 is 2.12 bits per heavy atom. The molecule has 174 valence electrons. The van der Waals surface area contributed by atoms with Gasteiger partial charge < -0.3 is 15.5 Å². The van der Waals surface area contributed by atoms with Gasteiger partial charge in [0.05, 0.1) is 11.7 Å². The molecule has 3 saturated heterocycles. The summed E-state index contributed by atoms with van der Waals surface area (Å²) < 4.78 is 1.88. The number of amides is 1. The van der Waals surface area contributed by atoms with Gasteiger partial charge in [-0.2, -0.15) is 5.10 Å². The number of anilines is 1. The van der Waals surface area contributed by atoms with Crippen molar-refractivity contribution in [3.63, 3.8) is 0 Å². The van der Waals surface area contributed by atoms with Crippen LogP contribution in [0.1, 0.15) is 62.7 Å². The normalized spacial score (nSPS) is 27.0. The third kappa shape index (κ3) is 3.97. The van der Waals surface area contributed by atoms with Crippen LogP contribution in [0.25, 0.3) is 5.65 Å². The molecule has 3 N–H and O–H groups in total. The number of fused-ring (bicyclic) bond motifs is 1. The van der Waals surface area contributed by atoms with Crippen molar-refractivity contribution in [1.29, 1.82) is 0 Å². The topological polar surface area (TPSA) is 95.0 Å². The van der Waals surface area contributed by atoms with E-state index < -0.39 is 0 Å². The maximum Gasteiger partial charge on any atom is 0.241 e. The number of hydrogen-bond acceptors (Lipinski definition) is 7. The Morgan fingerprint density at radius 1 is 1.25 bits per heavy atom. The zero-order valence-corrected chi connectivity index (χ0v) is 19.3. The average Bonchev–Trinajstić information content (AvgIpc) is 3.52. The minimum atomic E-state index is -0.0704. The standard InChI is InChI=1S/C23H36N8O/c1-3-10-30-20(7-9-25-30)23(32)29-11-5-4-6-19(29)18-13-21-26-22(16(2)14-31(21)27-18)28-12-8-17(24)15-28/h13-14,17,19-20,25H,3-12,15,24H2,1-2H3/t17-,19-,20?/m0/s1. The van der Waals surface area contributed by atoms with Gasteiger partial charge in [-0.05, 0) is 45.4 Å². The molecule has 0 saturated carbocycles. The Balaban J connectivity index is 1.41. The van der Waals surface area contributed by atoms with Crippen LogP contribution in [0.3, 0.4) is 0 Å². The van der Waals surface area contributed by atoms with E-state index in [1.807, 2.05) is 4.52 Å². The SMILES string of the molecule is CCCN1NCCC1C(=O)N1CCCC[C@H]1c1cc2nc(N3CC[C@H](N)C3)c(C)cn2n1. The molecule has 2 aromatic heterocycles. The Hall–Kier alpha value is -2.23. The van der Waals surface area contributed by atoms with E-state index in [0.717, 1.165) is 94.0 Å². The molecule has 5 rings (SSSR count). The van der Waals surface area contributed by atoms with Gasteiger partial charge in [0.25, 0.3) is 0 Å².